The summed E-state index contributed by atoms with van der Waals surface area (Å²) in [4.78, 5) is 17.5. The van der Waals surface area contributed by atoms with Crippen LogP contribution in [-0.4, -0.2) is 59.0 Å². The molecule has 0 aliphatic carbocycles. The summed E-state index contributed by atoms with van der Waals surface area (Å²) in [6.07, 6.45) is 7.06. The minimum Gasteiger partial charge on any atom is -0.355 e. The zero-order chi connectivity index (χ0) is 20.9. The molecule has 1 aromatic carbocycles. The molecular weight excluding hydrogens is 396 g/mol. The molecule has 0 bridgehead atoms. The van der Waals surface area contributed by atoms with Crippen molar-refractivity contribution in [2.24, 2.45) is 0 Å². The fraction of sp³-hybridized carbons (Fsp3) is 0.542. The van der Waals surface area contributed by atoms with Gasteiger partial charge in [-0.25, -0.2) is 0 Å². The smallest absolute Gasteiger partial charge is 0.234 e. The fourth-order valence-corrected chi connectivity index (χ4v) is 5.13. The minimum absolute atomic E-state index is 0.00222. The van der Waals surface area contributed by atoms with Crippen molar-refractivity contribution in [3.63, 3.8) is 0 Å². The highest BCUT2D eigenvalue weighted by atomic mass is 35.5. The van der Waals surface area contributed by atoms with E-state index in [4.69, 9.17) is 11.6 Å². The van der Waals surface area contributed by atoms with Crippen molar-refractivity contribution in [2.45, 2.75) is 51.2 Å². The Kier molecular flexibility index (Phi) is 7.13. The molecule has 1 saturated heterocycles. The highest BCUT2D eigenvalue weighted by Crippen LogP contribution is 2.35. The lowest BCUT2D eigenvalue weighted by molar-refractivity contribution is -0.122. The largest absolute Gasteiger partial charge is 0.355 e. The van der Waals surface area contributed by atoms with E-state index in [1.54, 1.807) is 0 Å². The van der Waals surface area contributed by atoms with Crippen LogP contribution in [0.4, 0.5) is 0 Å². The molecule has 2 aliphatic heterocycles. The summed E-state index contributed by atoms with van der Waals surface area (Å²) in [6, 6.07) is 12.9. The predicted molar refractivity (Wildman–Crippen MR) is 122 cm³/mol. The van der Waals surface area contributed by atoms with Gasteiger partial charge in [0.15, 0.2) is 0 Å². The zero-order valence-electron chi connectivity index (χ0n) is 17.9. The molecule has 2 aromatic rings. The molecule has 2 atom stereocenters. The van der Waals surface area contributed by atoms with E-state index in [9.17, 15) is 4.79 Å². The number of hydrogen-bond donors (Lipinski definition) is 1. The van der Waals surface area contributed by atoms with E-state index in [1.807, 2.05) is 18.2 Å². The maximum absolute atomic E-state index is 12.7. The van der Waals surface area contributed by atoms with Crippen molar-refractivity contribution in [3.8, 4) is 0 Å². The molecule has 0 radical (unpaired) electrons. The predicted octanol–water partition coefficient (Wildman–Crippen LogP) is 3.93. The number of nitrogens with zero attached hydrogens (tertiary/aromatic N) is 3. The van der Waals surface area contributed by atoms with Gasteiger partial charge in [-0.2, -0.15) is 0 Å². The van der Waals surface area contributed by atoms with Crippen LogP contribution in [-0.2, 0) is 11.3 Å². The van der Waals surface area contributed by atoms with Crippen LogP contribution in [0, 0.1) is 0 Å². The second-order valence-corrected chi connectivity index (χ2v) is 9.01. The number of piperidine rings is 1. The van der Waals surface area contributed by atoms with E-state index in [1.165, 1.54) is 31.5 Å². The van der Waals surface area contributed by atoms with Crippen LogP contribution in [0.3, 0.4) is 0 Å². The second-order valence-electron chi connectivity index (χ2n) is 8.61. The fourth-order valence-electron chi connectivity index (χ4n) is 4.89. The van der Waals surface area contributed by atoms with E-state index in [0.717, 1.165) is 43.2 Å². The number of aromatic nitrogens is 1. The first-order chi connectivity index (χ1) is 14.6. The van der Waals surface area contributed by atoms with Gasteiger partial charge < -0.3 is 14.8 Å². The van der Waals surface area contributed by atoms with Crippen molar-refractivity contribution < 1.29 is 4.79 Å². The van der Waals surface area contributed by atoms with Gasteiger partial charge in [-0.05, 0) is 56.5 Å². The molecule has 162 valence electrons. The first-order valence-electron chi connectivity index (χ1n) is 11.3. The highest BCUT2D eigenvalue weighted by Gasteiger charge is 2.31. The van der Waals surface area contributed by atoms with Crippen LogP contribution in [0.2, 0.25) is 5.02 Å². The van der Waals surface area contributed by atoms with E-state index in [0.29, 0.717) is 12.6 Å². The number of likely N-dealkylation sites (tertiary alicyclic amines) is 1. The average Bonchev–Trinajstić information content (AvgIpc) is 3.22. The number of hydrogen-bond acceptors (Lipinski definition) is 3. The van der Waals surface area contributed by atoms with Gasteiger partial charge in [0.05, 0.1) is 12.6 Å². The summed E-state index contributed by atoms with van der Waals surface area (Å²) in [6.45, 7) is 7.44. The number of fused-ring (bicyclic) bond motifs is 1. The number of carbonyl (C=O) groups excluding carboxylic acids is 1. The van der Waals surface area contributed by atoms with Crippen molar-refractivity contribution in [1.82, 2.24) is 19.7 Å². The first kappa shape index (κ1) is 21.4. The van der Waals surface area contributed by atoms with E-state index >= 15 is 0 Å². The van der Waals surface area contributed by atoms with Gasteiger partial charge in [-0.15, -0.1) is 0 Å². The van der Waals surface area contributed by atoms with Crippen LogP contribution < -0.4 is 5.32 Å². The van der Waals surface area contributed by atoms with Crippen LogP contribution in [0.15, 0.2) is 42.6 Å². The molecule has 30 heavy (non-hydrogen) atoms. The summed E-state index contributed by atoms with van der Waals surface area (Å²) in [5.41, 5.74) is 2.26. The average molecular weight is 429 g/mol. The van der Waals surface area contributed by atoms with E-state index in [-0.39, 0.29) is 11.9 Å². The number of benzene rings is 1. The van der Waals surface area contributed by atoms with E-state index in [2.05, 4.69) is 51.0 Å². The van der Waals surface area contributed by atoms with Crippen LogP contribution in [0.25, 0.3) is 0 Å². The third-order valence-corrected chi connectivity index (χ3v) is 6.91. The summed E-state index contributed by atoms with van der Waals surface area (Å²) >= 11 is 6.54. The van der Waals surface area contributed by atoms with Crippen LogP contribution in [0.5, 0.6) is 0 Å². The molecule has 0 saturated carbocycles. The van der Waals surface area contributed by atoms with Crippen molar-refractivity contribution in [3.05, 3.63) is 58.9 Å². The first-order valence-corrected chi connectivity index (χ1v) is 11.7. The third kappa shape index (κ3) is 4.90. The van der Waals surface area contributed by atoms with Gasteiger partial charge in [0.1, 0.15) is 0 Å². The van der Waals surface area contributed by atoms with Crippen molar-refractivity contribution in [2.75, 3.05) is 32.7 Å². The van der Waals surface area contributed by atoms with Crippen LogP contribution >= 0.6 is 11.6 Å². The Morgan fingerprint density at radius 1 is 1.10 bits per heavy atom. The third-order valence-electron chi connectivity index (χ3n) is 6.57. The van der Waals surface area contributed by atoms with Gasteiger partial charge >= 0.3 is 0 Å². The molecule has 1 amide bonds. The SMILES string of the molecule is CC1CCCCN1CCCNC(=O)CN1CCn2cccc2C1c1ccccc1Cl. The number of halogens is 1. The lowest BCUT2D eigenvalue weighted by Crippen LogP contribution is -2.45. The topological polar surface area (TPSA) is 40.5 Å². The molecule has 2 aliphatic rings. The highest BCUT2D eigenvalue weighted by molar-refractivity contribution is 6.31. The molecule has 3 heterocycles. The maximum atomic E-state index is 12.7. The molecule has 4 rings (SSSR count). The summed E-state index contributed by atoms with van der Waals surface area (Å²) in [5.74, 6) is 0.0961. The zero-order valence-corrected chi connectivity index (χ0v) is 18.7. The van der Waals surface area contributed by atoms with Crippen molar-refractivity contribution in [1.29, 1.82) is 0 Å². The number of rotatable bonds is 7. The Hall–Kier alpha value is -1.82. The standard InChI is InChI=1S/C24H33ClN4O/c1-19-8-4-5-13-27(19)15-7-12-26-23(30)18-29-17-16-28-14-6-11-22(28)24(29)20-9-2-3-10-21(20)25/h2-3,6,9-11,14,19,24H,4-5,7-8,12-13,15-18H2,1H3,(H,26,30). The number of nitrogens with one attached hydrogen (secondary N) is 1. The Morgan fingerprint density at radius 2 is 1.97 bits per heavy atom. The number of amides is 1. The molecule has 5 nitrogen and oxygen atoms in total. The van der Waals surface area contributed by atoms with Gasteiger partial charge in [0.2, 0.25) is 5.91 Å². The molecule has 1 fully saturated rings. The molecule has 1 aromatic heterocycles. The molecule has 1 N–H and O–H groups in total. The summed E-state index contributed by atoms with van der Waals surface area (Å²) in [7, 11) is 0. The quantitative estimate of drug-likeness (QED) is 0.679. The second kappa shape index (κ2) is 9.99. The van der Waals surface area contributed by atoms with Gasteiger partial charge in [-0.1, -0.05) is 36.2 Å². The summed E-state index contributed by atoms with van der Waals surface area (Å²) < 4.78 is 2.27. The lowest BCUT2D eigenvalue weighted by atomic mass is 10.00. The molecule has 2 unspecified atom stereocenters. The van der Waals surface area contributed by atoms with Gasteiger partial charge in [0.25, 0.3) is 0 Å². The van der Waals surface area contributed by atoms with Gasteiger partial charge in [0, 0.05) is 49.1 Å². The monoisotopic (exact) mass is 428 g/mol. The molecular formula is C24H33ClN4O. The minimum atomic E-state index is 0.00222. The molecule has 6 heteroatoms. The molecule has 0 spiro atoms. The van der Waals surface area contributed by atoms with Gasteiger partial charge in [-0.3, -0.25) is 9.69 Å². The number of carbonyl (C=O) groups is 1. The Labute approximate surface area is 185 Å². The Balaban J connectivity index is 1.34. The maximum Gasteiger partial charge on any atom is 0.234 e. The lowest BCUT2D eigenvalue weighted by Gasteiger charge is -2.37. The van der Waals surface area contributed by atoms with Crippen LogP contribution in [0.1, 0.15) is 49.9 Å². The Bertz CT molecular complexity index is 851. The Morgan fingerprint density at radius 3 is 2.80 bits per heavy atom. The van der Waals surface area contributed by atoms with Crippen molar-refractivity contribution >= 4 is 17.5 Å². The van der Waals surface area contributed by atoms with E-state index < -0.39 is 0 Å². The summed E-state index contributed by atoms with van der Waals surface area (Å²) in [5, 5.41) is 3.89. The normalized spacial score (nSPS) is 22.6.